The summed E-state index contributed by atoms with van der Waals surface area (Å²) >= 11 is 0. The Balaban J connectivity index is 1.32. The number of piperazine rings is 1. The van der Waals surface area contributed by atoms with E-state index in [0.717, 1.165) is 30.0 Å². The van der Waals surface area contributed by atoms with Gasteiger partial charge in [0, 0.05) is 61.6 Å². The normalized spacial score (nSPS) is 19.9. The number of hydrogen-bond acceptors (Lipinski definition) is 7. The Morgan fingerprint density at radius 2 is 1.97 bits per heavy atom. The molecule has 3 aromatic rings. The summed E-state index contributed by atoms with van der Waals surface area (Å²) in [4.78, 5) is 29.9. The minimum atomic E-state index is -0.214. The van der Waals surface area contributed by atoms with E-state index in [9.17, 15) is 4.79 Å². The lowest BCUT2D eigenvalue weighted by Crippen LogP contribution is -2.44. The van der Waals surface area contributed by atoms with Crippen LogP contribution in [-0.2, 0) is 0 Å². The number of carbonyl (C=O) groups excluding carboxylic acids is 1. The van der Waals surface area contributed by atoms with Crippen LogP contribution in [0.25, 0.3) is 11.3 Å². The molecule has 2 atom stereocenters. The largest absolute Gasteiger partial charge is 0.365 e. The molecule has 2 unspecified atom stereocenters. The summed E-state index contributed by atoms with van der Waals surface area (Å²) in [6.07, 6.45) is 4.63. The van der Waals surface area contributed by atoms with Gasteiger partial charge in [0.25, 0.3) is 5.91 Å². The second-order valence-corrected chi connectivity index (χ2v) is 8.54. The molecule has 2 aliphatic rings. The number of aromatic nitrogens is 3. The molecule has 0 spiro atoms. The van der Waals surface area contributed by atoms with Gasteiger partial charge in [0.1, 0.15) is 5.69 Å². The van der Waals surface area contributed by atoms with Gasteiger partial charge >= 0.3 is 0 Å². The number of pyridine rings is 1. The van der Waals surface area contributed by atoms with Crippen LogP contribution in [0.2, 0.25) is 0 Å². The molecule has 0 saturated carbocycles. The number of amides is 1. The van der Waals surface area contributed by atoms with E-state index >= 15 is 0 Å². The fraction of sp³-hybridized carbons (Fsp3) is 0.333. The van der Waals surface area contributed by atoms with Gasteiger partial charge in [0.15, 0.2) is 0 Å². The molecule has 2 aromatic heterocycles. The molecule has 2 saturated heterocycles. The first-order valence-corrected chi connectivity index (χ1v) is 10.9. The zero-order valence-corrected chi connectivity index (χ0v) is 18.5. The van der Waals surface area contributed by atoms with Crippen LogP contribution in [0.3, 0.4) is 0 Å². The highest BCUT2D eigenvalue weighted by Crippen LogP contribution is 2.36. The maximum absolute atomic E-state index is 11.7. The Morgan fingerprint density at radius 3 is 2.62 bits per heavy atom. The zero-order valence-electron chi connectivity index (χ0n) is 18.5. The van der Waals surface area contributed by atoms with E-state index in [1.165, 1.54) is 17.7 Å². The Labute approximate surface area is 187 Å². The molecule has 2 aliphatic heterocycles. The van der Waals surface area contributed by atoms with Crippen LogP contribution in [0.4, 0.5) is 17.3 Å². The number of hydrogen-bond donors (Lipinski definition) is 2. The van der Waals surface area contributed by atoms with Gasteiger partial charge in [0.05, 0.1) is 5.69 Å². The van der Waals surface area contributed by atoms with Crippen molar-refractivity contribution < 1.29 is 4.79 Å². The van der Waals surface area contributed by atoms with Crippen LogP contribution in [0.1, 0.15) is 22.5 Å². The van der Waals surface area contributed by atoms with Gasteiger partial charge in [0.2, 0.25) is 5.95 Å². The second-order valence-electron chi connectivity index (χ2n) is 8.54. The summed E-state index contributed by atoms with van der Waals surface area (Å²) in [6.45, 7) is 4.41. The molecular formula is C24H27N7O. The lowest BCUT2D eigenvalue weighted by molar-refractivity contribution is 0.0958. The van der Waals surface area contributed by atoms with Crippen LogP contribution in [-0.4, -0.2) is 65.0 Å². The predicted molar refractivity (Wildman–Crippen MR) is 125 cm³/mol. The molecule has 0 aliphatic carbocycles. The van der Waals surface area contributed by atoms with Gasteiger partial charge in [-0.2, -0.15) is 0 Å². The molecule has 4 heterocycles. The van der Waals surface area contributed by atoms with Crippen LogP contribution in [0.5, 0.6) is 0 Å². The van der Waals surface area contributed by atoms with Crippen molar-refractivity contribution in [1.82, 2.24) is 25.2 Å². The van der Waals surface area contributed by atoms with Crippen molar-refractivity contribution in [3.63, 3.8) is 0 Å². The molecule has 2 fully saturated rings. The average Bonchev–Trinajstić information content (AvgIpc) is 3.38. The fourth-order valence-electron chi connectivity index (χ4n) is 4.73. The number of nitrogens with zero attached hydrogens (tertiary/aromatic N) is 5. The van der Waals surface area contributed by atoms with E-state index in [0.29, 0.717) is 23.7 Å². The van der Waals surface area contributed by atoms with Gasteiger partial charge in [-0.25, -0.2) is 9.97 Å². The molecular weight excluding hydrogens is 402 g/mol. The Kier molecular flexibility index (Phi) is 5.22. The average molecular weight is 430 g/mol. The molecule has 164 valence electrons. The molecule has 32 heavy (non-hydrogen) atoms. The first kappa shape index (κ1) is 20.4. The molecule has 8 heteroatoms. The quantitative estimate of drug-likeness (QED) is 0.645. The Morgan fingerprint density at radius 1 is 1.09 bits per heavy atom. The minimum Gasteiger partial charge on any atom is -0.365 e. The van der Waals surface area contributed by atoms with Gasteiger partial charge in [-0.15, -0.1) is 0 Å². The Bertz CT molecular complexity index is 1150. The van der Waals surface area contributed by atoms with Crippen molar-refractivity contribution in [3.05, 3.63) is 60.0 Å². The number of aryl methyl sites for hydroxylation is 1. The molecule has 0 radical (unpaired) electrons. The van der Waals surface area contributed by atoms with Crippen LogP contribution < -0.4 is 15.5 Å². The fourth-order valence-corrected chi connectivity index (χ4v) is 4.73. The maximum atomic E-state index is 11.7. The maximum Gasteiger partial charge on any atom is 0.269 e. The summed E-state index contributed by atoms with van der Waals surface area (Å²) in [5.74, 6) is 0.307. The van der Waals surface area contributed by atoms with Gasteiger partial charge in [-0.05, 0) is 62.4 Å². The number of likely N-dealkylation sites (tertiary alicyclic amines) is 1. The van der Waals surface area contributed by atoms with Crippen molar-refractivity contribution in [2.45, 2.75) is 25.4 Å². The Hall–Kier alpha value is -3.52. The lowest BCUT2D eigenvalue weighted by Gasteiger charge is -2.34. The SMILES string of the molecule is CNC(=O)c1ccc(-c2ccnc(Nc3ccc(N4CC5CC4CN5C)c(C)c3)n2)cn1. The third-order valence-corrected chi connectivity index (χ3v) is 6.45. The molecule has 5 rings (SSSR count). The summed E-state index contributed by atoms with van der Waals surface area (Å²) in [5.41, 5.74) is 5.45. The zero-order chi connectivity index (χ0) is 22.2. The van der Waals surface area contributed by atoms with Gasteiger partial charge in [-0.1, -0.05) is 0 Å². The number of nitrogens with one attached hydrogen (secondary N) is 2. The van der Waals surface area contributed by atoms with Crippen LogP contribution >= 0.6 is 0 Å². The summed E-state index contributed by atoms with van der Waals surface area (Å²) in [5, 5.41) is 5.89. The van der Waals surface area contributed by atoms with Crippen molar-refractivity contribution in [2.24, 2.45) is 0 Å². The van der Waals surface area contributed by atoms with E-state index in [1.54, 1.807) is 25.5 Å². The van der Waals surface area contributed by atoms with Crippen molar-refractivity contribution in [2.75, 3.05) is 37.4 Å². The number of benzene rings is 1. The topological polar surface area (TPSA) is 86.3 Å². The monoisotopic (exact) mass is 429 g/mol. The lowest BCUT2D eigenvalue weighted by atomic mass is 10.1. The molecule has 1 amide bonds. The van der Waals surface area contributed by atoms with Crippen LogP contribution in [0, 0.1) is 6.92 Å². The number of rotatable bonds is 5. The smallest absolute Gasteiger partial charge is 0.269 e. The highest BCUT2D eigenvalue weighted by Gasteiger charge is 2.41. The van der Waals surface area contributed by atoms with E-state index < -0.39 is 0 Å². The van der Waals surface area contributed by atoms with E-state index in [-0.39, 0.29) is 5.91 Å². The molecule has 2 bridgehead atoms. The first-order valence-electron chi connectivity index (χ1n) is 10.9. The van der Waals surface area contributed by atoms with Crippen molar-refractivity contribution in [1.29, 1.82) is 0 Å². The predicted octanol–water partition coefficient (Wildman–Crippen LogP) is 2.84. The van der Waals surface area contributed by atoms with Gasteiger partial charge in [-0.3, -0.25) is 14.7 Å². The second kappa shape index (κ2) is 8.20. The molecule has 2 N–H and O–H groups in total. The van der Waals surface area contributed by atoms with Crippen molar-refractivity contribution in [3.8, 4) is 11.3 Å². The highest BCUT2D eigenvalue weighted by atomic mass is 16.1. The van der Waals surface area contributed by atoms with E-state index in [2.05, 4.69) is 67.6 Å². The number of anilines is 3. The third kappa shape index (κ3) is 3.78. The number of carbonyl (C=O) groups is 1. The van der Waals surface area contributed by atoms with Gasteiger partial charge < -0.3 is 15.5 Å². The summed E-state index contributed by atoms with van der Waals surface area (Å²) in [7, 11) is 3.81. The molecule has 8 nitrogen and oxygen atoms in total. The molecule has 1 aromatic carbocycles. The minimum absolute atomic E-state index is 0.214. The first-order chi connectivity index (χ1) is 15.5. The summed E-state index contributed by atoms with van der Waals surface area (Å²) < 4.78 is 0. The number of likely N-dealkylation sites (N-methyl/N-ethyl adjacent to an activating group) is 1. The summed E-state index contributed by atoms with van der Waals surface area (Å²) in [6, 6.07) is 13.1. The highest BCUT2D eigenvalue weighted by molar-refractivity contribution is 5.92. The van der Waals surface area contributed by atoms with E-state index in [4.69, 9.17) is 0 Å². The van der Waals surface area contributed by atoms with E-state index in [1.807, 2.05) is 12.1 Å². The van der Waals surface area contributed by atoms with Crippen molar-refractivity contribution >= 4 is 23.2 Å². The standard InChI is InChI=1S/C24H27N7O/c1-15-10-17(5-7-22(15)31-14-18-11-19(31)13-30(18)3)28-24-26-9-8-20(29-24)16-4-6-21(27-12-16)23(32)25-2/h4-10,12,18-19H,11,13-14H2,1-3H3,(H,25,32)(H,26,28,29). The van der Waals surface area contributed by atoms with Crippen LogP contribution in [0.15, 0.2) is 48.8 Å². The number of fused-ring (bicyclic) bond motifs is 2. The third-order valence-electron chi connectivity index (χ3n) is 6.45.